The van der Waals surface area contributed by atoms with Crippen LogP contribution < -0.4 is 14.8 Å². The van der Waals surface area contributed by atoms with Gasteiger partial charge in [0.05, 0.1) is 19.4 Å². The Balaban J connectivity index is 1.55. The van der Waals surface area contributed by atoms with E-state index in [4.69, 9.17) is 9.47 Å². The molecule has 0 bridgehead atoms. The van der Waals surface area contributed by atoms with E-state index in [0.717, 1.165) is 71.0 Å². The smallest absolute Gasteiger partial charge is 0.273 e. The van der Waals surface area contributed by atoms with Crippen molar-refractivity contribution in [3.63, 3.8) is 0 Å². The van der Waals surface area contributed by atoms with Crippen molar-refractivity contribution in [2.75, 3.05) is 19.0 Å². The molecule has 2 aromatic heterocycles. The molecule has 0 aliphatic carbocycles. The van der Waals surface area contributed by atoms with E-state index in [-0.39, 0.29) is 5.91 Å². The van der Waals surface area contributed by atoms with E-state index in [2.05, 4.69) is 56.9 Å². The second kappa shape index (κ2) is 10.1. The second-order valence-electron chi connectivity index (χ2n) is 9.52. The maximum Gasteiger partial charge on any atom is 0.273 e. The summed E-state index contributed by atoms with van der Waals surface area (Å²) < 4.78 is 15.5. The number of aromatic nitrogens is 2. The molecule has 0 radical (unpaired) electrons. The minimum absolute atomic E-state index is 0.141. The molecule has 6 rings (SSSR count). The molecular formula is C32H31N3O3. The summed E-state index contributed by atoms with van der Waals surface area (Å²) >= 11 is 0. The molecule has 192 valence electrons. The summed E-state index contributed by atoms with van der Waals surface area (Å²) in [5.74, 6) is 1.43. The van der Waals surface area contributed by atoms with Gasteiger partial charge in [0.2, 0.25) is 0 Å². The van der Waals surface area contributed by atoms with Crippen LogP contribution in [0.2, 0.25) is 0 Å². The molecule has 0 spiro atoms. The van der Waals surface area contributed by atoms with Crippen molar-refractivity contribution >= 4 is 17.2 Å². The van der Waals surface area contributed by atoms with Gasteiger partial charge < -0.3 is 19.4 Å². The van der Waals surface area contributed by atoms with Gasteiger partial charge >= 0.3 is 0 Å². The molecule has 0 unspecified atom stereocenters. The highest BCUT2D eigenvalue weighted by molar-refractivity contribution is 6.10. The maximum atomic E-state index is 14.0. The van der Waals surface area contributed by atoms with Crippen LogP contribution in [0.3, 0.4) is 0 Å². The molecule has 5 aromatic rings. The Labute approximate surface area is 222 Å². The van der Waals surface area contributed by atoms with Gasteiger partial charge in [-0.15, -0.1) is 0 Å². The van der Waals surface area contributed by atoms with E-state index >= 15 is 0 Å². The van der Waals surface area contributed by atoms with E-state index in [1.807, 2.05) is 49.4 Å². The molecule has 0 saturated carbocycles. The summed E-state index contributed by atoms with van der Waals surface area (Å²) in [6.45, 7) is 3.51. The quantitative estimate of drug-likeness (QED) is 0.257. The zero-order valence-corrected chi connectivity index (χ0v) is 21.7. The van der Waals surface area contributed by atoms with Gasteiger partial charge in [-0.25, -0.2) is 0 Å². The molecule has 3 aromatic carbocycles. The predicted molar refractivity (Wildman–Crippen MR) is 151 cm³/mol. The molecule has 1 aliphatic rings. The summed E-state index contributed by atoms with van der Waals surface area (Å²) in [5, 5.41) is 3.14. The van der Waals surface area contributed by atoms with Crippen LogP contribution in [0.15, 0.2) is 85.1 Å². The molecule has 1 aliphatic heterocycles. The van der Waals surface area contributed by atoms with Gasteiger partial charge in [0.25, 0.3) is 5.91 Å². The first-order chi connectivity index (χ1) is 18.7. The van der Waals surface area contributed by atoms with Crippen molar-refractivity contribution in [1.29, 1.82) is 0 Å². The number of rotatable bonds is 7. The zero-order chi connectivity index (χ0) is 26.1. The van der Waals surface area contributed by atoms with Crippen molar-refractivity contribution in [2.45, 2.75) is 32.7 Å². The normalized spacial score (nSPS) is 12.8. The average Bonchev–Trinajstić information content (AvgIpc) is 3.37. The second-order valence-corrected chi connectivity index (χ2v) is 9.52. The lowest BCUT2D eigenvalue weighted by molar-refractivity contribution is 0.102. The van der Waals surface area contributed by atoms with Gasteiger partial charge in [-0.3, -0.25) is 9.20 Å². The van der Waals surface area contributed by atoms with Crippen molar-refractivity contribution in [3.8, 4) is 33.9 Å². The molecule has 0 atom stereocenters. The number of benzene rings is 3. The van der Waals surface area contributed by atoms with Gasteiger partial charge in [0, 0.05) is 29.6 Å². The average molecular weight is 506 g/mol. The first-order valence-corrected chi connectivity index (χ1v) is 13.2. The Hall–Kier alpha value is -4.45. The number of aryl methyl sites for hydroxylation is 2. The van der Waals surface area contributed by atoms with Gasteiger partial charge in [-0.05, 0) is 73.7 Å². The van der Waals surface area contributed by atoms with Crippen LogP contribution in [0.4, 0.5) is 5.69 Å². The monoisotopic (exact) mass is 505 g/mol. The summed E-state index contributed by atoms with van der Waals surface area (Å²) in [6, 6.07) is 25.9. The van der Waals surface area contributed by atoms with Gasteiger partial charge in [0.1, 0.15) is 22.8 Å². The van der Waals surface area contributed by atoms with E-state index in [1.54, 1.807) is 7.11 Å². The first kappa shape index (κ1) is 23.9. The lowest BCUT2D eigenvalue weighted by atomic mass is 9.97. The summed E-state index contributed by atoms with van der Waals surface area (Å²) in [6.07, 6.45) is 5.20. The number of hydrogen-bond donors (Lipinski definition) is 1. The van der Waals surface area contributed by atoms with Crippen molar-refractivity contribution in [1.82, 2.24) is 8.97 Å². The van der Waals surface area contributed by atoms with Gasteiger partial charge in [-0.1, -0.05) is 42.5 Å². The lowest BCUT2D eigenvalue weighted by Crippen LogP contribution is -2.15. The molecule has 0 saturated heterocycles. The number of anilines is 1. The highest BCUT2D eigenvalue weighted by atomic mass is 16.5. The Morgan fingerprint density at radius 3 is 2.34 bits per heavy atom. The fraction of sp³-hybridized carbons (Fsp3) is 0.219. The molecule has 38 heavy (non-hydrogen) atoms. The Kier molecular flexibility index (Phi) is 6.38. The van der Waals surface area contributed by atoms with Gasteiger partial charge in [0.15, 0.2) is 0 Å². The Morgan fingerprint density at radius 2 is 1.63 bits per heavy atom. The summed E-state index contributed by atoms with van der Waals surface area (Å²) in [7, 11) is 1.63. The largest absolute Gasteiger partial charge is 0.497 e. The highest BCUT2D eigenvalue weighted by Gasteiger charge is 2.29. The van der Waals surface area contributed by atoms with Crippen molar-refractivity contribution in [3.05, 3.63) is 96.3 Å². The van der Waals surface area contributed by atoms with Crippen molar-refractivity contribution < 1.29 is 14.3 Å². The number of nitrogens with one attached hydrogen (secondary N) is 1. The number of amides is 1. The van der Waals surface area contributed by atoms with Crippen molar-refractivity contribution in [2.24, 2.45) is 0 Å². The van der Waals surface area contributed by atoms with Crippen LogP contribution in [-0.4, -0.2) is 28.6 Å². The van der Waals surface area contributed by atoms with Crippen LogP contribution in [0.1, 0.15) is 35.8 Å². The SMILES string of the molecule is CCOc1ccc(-c2c3c4n(c(-c5ccccc5)cn4c2C(=O)Nc2ccc(OC)cc2)CCCC3)cc1. The van der Waals surface area contributed by atoms with Crippen LogP contribution in [0.25, 0.3) is 28.0 Å². The maximum absolute atomic E-state index is 14.0. The Morgan fingerprint density at radius 1 is 0.895 bits per heavy atom. The Bertz CT molecular complexity index is 1580. The third-order valence-corrected chi connectivity index (χ3v) is 7.22. The third-order valence-electron chi connectivity index (χ3n) is 7.22. The van der Waals surface area contributed by atoms with E-state index in [9.17, 15) is 4.79 Å². The number of ether oxygens (including phenoxy) is 2. The zero-order valence-electron chi connectivity index (χ0n) is 21.7. The molecule has 0 fully saturated rings. The number of hydrogen-bond acceptors (Lipinski definition) is 3. The number of imidazole rings is 1. The highest BCUT2D eigenvalue weighted by Crippen LogP contribution is 2.40. The van der Waals surface area contributed by atoms with E-state index in [1.165, 1.54) is 5.56 Å². The fourth-order valence-corrected chi connectivity index (χ4v) is 5.51. The molecule has 6 nitrogen and oxygen atoms in total. The predicted octanol–water partition coefficient (Wildman–Crippen LogP) is 7.07. The fourth-order valence-electron chi connectivity index (χ4n) is 5.51. The third kappa shape index (κ3) is 4.22. The minimum Gasteiger partial charge on any atom is -0.497 e. The van der Waals surface area contributed by atoms with E-state index < -0.39 is 0 Å². The molecule has 6 heteroatoms. The number of nitrogens with zero attached hydrogens (tertiary/aromatic N) is 2. The molecular weight excluding hydrogens is 474 g/mol. The number of carbonyl (C=O) groups excluding carboxylic acids is 1. The summed E-state index contributed by atoms with van der Waals surface area (Å²) in [5.41, 5.74) is 7.96. The first-order valence-electron chi connectivity index (χ1n) is 13.2. The minimum atomic E-state index is -0.141. The standard InChI is InChI=1S/C32H31N3O3/c1-3-38-26-16-12-23(13-17-26)29-27-11-7-8-20-34-28(22-9-5-4-6-10-22)21-35(32(27)34)30(29)31(36)33-24-14-18-25(37-2)19-15-24/h4-6,9-10,12-19,21H,3,7-8,11,20H2,1-2H3,(H,33,36). The van der Waals surface area contributed by atoms with E-state index in [0.29, 0.717) is 12.3 Å². The number of methoxy groups -OCH3 is 1. The summed E-state index contributed by atoms with van der Waals surface area (Å²) in [4.78, 5) is 14.0. The van der Waals surface area contributed by atoms with Crippen LogP contribution in [0.5, 0.6) is 11.5 Å². The van der Waals surface area contributed by atoms with Crippen LogP contribution in [0, 0.1) is 0 Å². The van der Waals surface area contributed by atoms with Crippen LogP contribution >= 0.6 is 0 Å². The molecule has 3 heterocycles. The number of carbonyl (C=O) groups is 1. The molecule has 1 amide bonds. The molecule has 1 N–H and O–H groups in total. The topological polar surface area (TPSA) is 56.9 Å². The lowest BCUT2D eigenvalue weighted by Gasteiger charge is -2.11. The van der Waals surface area contributed by atoms with Gasteiger partial charge in [-0.2, -0.15) is 0 Å². The van der Waals surface area contributed by atoms with Crippen LogP contribution in [-0.2, 0) is 13.0 Å².